The first kappa shape index (κ1) is 9.74. The summed E-state index contributed by atoms with van der Waals surface area (Å²) < 4.78 is 0. The molecule has 0 atom stereocenters. The molecule has 0 heteroatoms. The van der Waals surface area contributed by atoms with Gasteiger partial charge in [0.1, 0.15) is 0 Å². The molecule has 0 unspecified atom stereocenters. The van der Waals surface area contributed by atoms with Crippen LogP contribution in [0.1, 0.15) is 34.6 Å². The summed E-state index contributed by atoms with van der Waals surface area (Å²) in [7, 11) is 0. The number of allylic oxidation sites excluding steroid dienone is 2. The van der Waals surface area contributed by atoms with E-state index in [0.29, 0.717) is 0 Å². The molecular formula is C10H18. The van der Waals surface area contributed by atoms with E-state index in [9.17, 15) is 0 Å². The molecule has 0 aliphatic carbocycles. The molecule has 0 aliphatic heterocycles. The van der Waals surface area contributed by atoms with Crippen LogP contribution >= 0.6 is 0 Å². The van der Waals surface area contributed by atoms with Gasteiger partial charge in [-0.1, -0.05) is 46.8 Å². The molecule has 58 valence electrons. The average molecular weight is 138 g/mol. The highest BCUT2D eigenvalue weighted by molar-refractivity contribution is 5.01. The second-order valence-electron chi connectivity index (χ2n) is 4.52. The van der Waals surface area contributed by atoms with Gasteiger partial charge in [0.15, 0.2) is 0 Å². The second-order valence-corrected chi connectivity index (χ2v) is 4.52. The van der Waals surface area contributed by atoms with Gasteiger partial charge in [-0.2, -0.15) is 0 Å². The van der Waals surface area contributed by atoms with Crippen molar-refractivity contribution in [2.75, 3.05) is 0 Å². The van der Waals surface area contributed by atoms with Gasteiger partial charge in [-0.05, 0) is 17.8 Å². The molecule has 0 spiro atoms. The summed E-state index contributed by atoms with van der Waals surface area (Å²) in [6, 6.07) is 0. The Bertz CT molecular complexity index is 100.0. The molecule has 0 aromatic rings. The normalized spacial score (nSPS) is 14.6. The van der Waals surface area contributed by atoms with E-state index in [1.807, 2.05) is 19.9 Å². The standard InChI is InChI=1S/C10H18/c1-9(2,3)7-8-10(4,5)6/h1,7-8H,2-6H3. The SMILES string of the molecule is [CH]C(C)(C)C=CC(C)(C)C. The van der Waals surface area contributed by atoms with Gasteiger partial charge in [0.2, 0.25) is 0 Å². The highest BCUT2D eigenvalue weighted by Gasteiger charge is 2.08. The summed E-state index contributed by atoms with van der Waals surface area (Å²) in [6.45, 7) is 16.2. The minimum Gasteiger partial charge on any atom is -0.0826 e. The fourth-order valence-corrected chi connectivity index (χ4v) is 0.465. The smallest absolute Gasteiger partial charge is 0.0140 e. The second kappa shape index (κ2) is 2.77. The van der Waals surface area contributed by atoms with E-state index in [0.717, 1.165) is 0 Å². The van der Waals surface area contributed by atoms with Gasteiger partial charge in [-0.15, -0.1) is 0 Å². The van der Waals surface area contributed by atoms with Crippen molar-refractivity contribution in [3.63, 3.8) is 0 Å². The van der Waals surface area contributed by atoms with Crippen LogP contribution in [0.4, 0.5) is 0 Å². The predicted octanol–water partition coefficient (Wildman–Crippen LogP) is 3.33. The summed E-state index contributed by atoms with van der Waals surface area (Å²) in [4.78, 5) is 0. The van der Waals surface area contributed by atoms with Gasteiger partial charge in [-0.3, -0.25) is 0 Å². The van der Waals surface area contributed by atoms with Crippen LogP contribution in [0.3, 0.4) is 0 Å². The Balaban J connectivity index is 4.01. The Morgan fingerprint density at radius 2 is 1.30 bits per heavy atom. The Kier molecular flexibility index (Phi) is 2.70. The fourth-order valence-electron chi connectivity index (χ4n) is 0.465. The fraction of sp³-hybridized carbons (Fsp3) is 0.700. The van der Waals surface area contributed by atoms with E-state index in [-0.39, 0.29) is 10.8 Å². The zero-order valence-corrected chi connectivity index (χ0v) is 7.73. The van der Waals surface area contributed by atoms with Gasteiger partial charge < -0.3 is 0 Å². The lowest BCUT2D eigenvalue weighted by molar-refractivity contribution is 0.525. The summed E-state index contributed by atoms with van der Waals surface area (Å²) >= 11 is 0. The molecule has 2 radical (unpaired) electrons. The van der Waals surface area contributed by atoms with Gasteiger partial charge in [-0.25, -0.2) is 0 Å². The molecule has 0 saturated carbocycles. The third kappa shape index (κ3) is 7.74. The van der Waals surface area contributed by atoms with Gasteiger partial charge >= 0.3 is 0 Å². The third-order valence-electron chi connectivity index (χ3n) is 1.01. The summed E-state index contributed by atoms with van der Waals surface area (Å²) in [5, 5.41) is 0. The van der Waals surface area contributed by atoms with Crippen molar-refractivity contribution < 1.29 is 0 Å². The Morgan fingerprint density at radius 3 is 1.40 bits per heavy atom. The van der Waals surface area contributed by atoms with Crippen molar-refractivity contribution in [3.8, 4) is 0 Å². The topological polar surface area (TPSA) is 0 Å². The first-order chi connectivity index (χ1) is 4.21. The molecule has 0 fully saturated rings. The van der Waals surface area contributed by atoms with Crippen LogP contribution in [0.15, 0.2) is 12.2 Å². The molecule has 0 aliphatic rings. The van der Waals surface area contributed by atoms with E-state index < -0.39 is 0 Å². The predicted molar refractivity (Wildman–Crippen MR) is 46.7 cm³/mol. The van der Waals surface area contributed by atoms with E-state index in [1.54, 1.807) is 0 Å². The van der Waals surface area contributed by atoms with Gasteiger partial charge in [0.05, 0.1) is 0 Å². The third-order valence-corrected chi connectivity index (χ3v) is 1.01. The first-order valence-corrected chi connectivity index (χ1v) is 3.70. The molecule has 10 heavy (non-hydrogen) atoms. The number of hydrogen-bond donors (Lipinski definition) is 0. The summed E-state index contributed by atoms with van der Waals surface area (Å²) in [6.07, 6.45) is 4.19. The van der Waals surface area contributed by atoms with Gasteiger partial charge in [0, 0.05) is 0 Å². The summed E-state index contributed by atoms with van der Waals surface area (Å²) in [5.41, 5.74) is 0.0733. The number of hydrogen-bond acceptors (Lipinski definition) is 0. The first-order valence-electron chi connectivity index (χ1n) is 3.70. The van der Waals surface area contributed by atoms with Gasteiger partial charge in [0.25, 0.3) is 0 Å². The molecule has 0 N–H and O–H groups in total. The molecule has 0 bridgehead atoms. The molecule has 0 aromatic carbocycles. The van der Waals surface area contributed by atoms with Crippen LogP contribution in [-0.2, 0) is 0 Å². The largest absolute Gasteiger partial charge is 0.0826 e. The molecule has 0 nitrogen and oxygen atoms in total. The van der Waals surface area contributed by atoms with Crippen molar-refractivity contribution in [2.45, 2.75) is 34.6 Å². The maximum atomic E-state index is 5.76. The quantitative estimate of drug-likeness (QED) is 0.487. The van der Waals surface area contributed by atoms with Crippen LogP contribution in [-0.4, -0.2) is 0 Å². The lowest BCUT2D eigenvalue weighted by atomic mass is 9.89. The Labute approximate surface area is 65.3 Å². The van der Waals surface area contributed by atoms with E-state index in [1.165, 1.54) is 0 Å². The van der Waals surface area contributed by atoms with E-state index in [2.05, 4.69) is 26.8 Å². The highest BCUT2D eigenvalue weighted by atomic mass is 14.1. The van der Waals surface area contributed by atoms with E-state index in [4.69, 9.17) is 6.92 Å². The molecular weight excluding hydrogens is 120 g/mol. The lowest BCUT2D eigenvalue weighted by Gasteiger charge is -2.16. The zero-order valence-electron chi connectivity index (χ0n) is 7.73. The van der Waals surface area contributed by atoms with Crippen LogP contribution in [0.25, 0.3) is 0 Å². The monoisotopic (exact) mass is 138 g/mol. The van der Waals surface area contributed by atoms with E-state index >= 15 is 0 Å². The molecule has 0 heterocycles. The van der Waals surface area contributed by atoms with Crippen LogP contribution in [0.5, 0.6) is 0 Å². The van der Waals surface area contributed by atoms with Crippen molar-refractivity contribution in [1.29, 1.82) is 0 Å². The molecule has 0 amide bonds. The minimum atomic E-state index is -0.173. The van der Waals surface area contributed by atoms with Crippen LogP contribution in [0.2, 0.25) is 0 Å². The van der Waals surface area contributed by atoms with Crippen LogP contribution < -0.4 is 0 Å². The maximum absolute atomic E-state index is 5.76. The highest BCUT2D eigenvalue weighted by Crippen LogP contribution is 2.21. The Morgan fingerprint density at radius 1 is 0.900 bits per heavy atom. The Hall–Kier alpha value is -0.260. The van der Waals surface area contributed by atoms with Crippen molar-refractivity contribution in [3.05, 3.63) is 19.1 Å². The lowest BCUT2D eigenvalue weighted by Crippen LogP contribution is -2.04. The van der Waals surface area contributed by atoms with Crippen molar-refractivity contribution >= 4 is 0 Å². The van der Waals surface area contributed by atoms with Crippen molar-refractivity contribution in [2.24, 2.45) is 10.8 Å². The zero-order chi connectivity index (χ0) is 8.41. The van der Waals surface area contributed by atoms with Crippen molar-refractivity contribution in [1.82, 2.24) is 0 Å². The molecule has 0 rings (SSSR count). The average Bonchev–Trinajstić information content (AvgIpc) is 1.57. The maximum Gasteiger partial charge on any atom is -0.0140 e. The molecule has 0 saturated heterocycles. The van der Waals surface area contributed by atoms with Crippen LogP contribution in [0, 0.1) is 17.8 Å². The number of rotatable bonds is 1. The summed E-state index contributed by atoms with van der Waals surface area (Å²) in [5.74, 6) is 0. The molecule has 0 aromatic heterocycles. The minimum absolute atomic E-state index is 0.173.